The van der Waals surface area contributed by atoms with Gasteiger partial charge in [0.05, 0.1) is 0 Å². The van der Waals surface area contributed by atoms with E-state index in [0.29, 0.717) is 0 Å². The number of hydrogen-bond acceptors (Lipinski definition) is 3. The Balaban J connectivity index is 3.07. The Hall–Kier alpha value is -1.52. The molecular weight excluding hydrogens is 139 g/mol. The number of halogens is 1. The molecule has 0 unspecified atom stereocenters. The monoisotopic (exact) mass is 142 g/mol. The van der Waals surface area contributed by atoms with Gasteiger partial charge >= 0.3 is 11.8 Å². The highest BCUT2D eigenvalue weighted by molar-refractivity contribution is 5.17. The van der Waals surface area contributed by atoms with Gasteiger partial charge in [-0.25, -0.2) is 0 Å². The Bertz CT molecular complexity index is 264. The van der Waals surface area contributed by atoms with Crippen molar-refractivity contribution in [3.63, 3.8) is 0 Å². The summed E-state index contributed by atoms with van der Waals surface area (Å²) in [7, 11) is 0. The van der Waals surface area contributed by atoms with Gasteiger partial charge in [0.1, 0.15) is 0 Å². The highest BCUT2D eigenvalue weighted by atomic mass is 19.1. The maximum atomic E-state index is 12.1. The molecule has 0 aliphatic rings. The molecule has 10 heavy (non-hydrogen) atoms. The van der Waals surface area contributed by atoms with E-state index in [2.05, 4.69) is 4.98 Å². The fourth-order valence-electron chi connectivity index (χ4n) is 0.499. The Morgan fingerprint density at radius 3 is 2.70 bits per heavy atom. The molecule has 0 amide bonds. The van der Waals surface area contributed by atoms with Crippen molar-refractivity contribution >= 4 is 5.82 Å². The number of aromatic nitrogens is 1. The smallest absolute Gasteiger partial charge is 0.358 e. The van der Waals surface area contributed by atoms with Gasteiger partial charge in [-0.05, 0) is 16.0 Å². The van der Waals surface area contributed by atoms with Gasteiger partial charge in [-0.1, -0.05) is 0 Å². The molecule has 0 bridgehead atoms. The van der Waals surface area contributed by atoms with Gasteiger partial charge in [0.15, 0.2) is 0 Å². The first kappa shape index (κ1) is 6.60. The summed E-state index contributed by atoms with van der Waals surface area (Å²) in [5.41, 5.74) is 0. The standard InChI is InChI=1S/C5H3FN2O2/c6-4-2-1-3-5(7-4)8(9)10/h1-3H. The fraction of sp³-hybridized carbons (Fsp3) is 0. The average Bonchev–Trinajstić information content (AvgIpc) is 1.88. The highest BCUT2D eigenvalue weighted by Gasteiger charge is 2.06. The lowest BCUT2D eigenvalue weighted by molar-refractivity contribution is -0.389. The molecule has 1 aromatic heterocycles. The molecule has 5 heteroatoms. The first-order chi connectivity index (χ1) is 4.70. The van der Waals surface area contributed by atoms with Crippen molar-refractivity contribution in [1.82, 2.24) is 4.98 Å². The lowest BCUT2D eigenvalue weighted by atomic mass is 10.5. The fourth-order valence-corrected chi connectivity index (χ4v) is 0.499. The molecule has 0 aliphatic carbocycles. The average molecular weight is 142 g/mol. The molecule has 1 aromatic rings. The van der Waals surface area contributed by atoms with Crippen LogP contribution in [0.4, 0.5) is 10.2 Å². The van der Waals surface area contributed by atoms with Gasteiger partial charge in [-0.2, -0.15) is 4.39 Å². The number of hydrogen-bond donors (Lipinski definition) is 0. The molecule has 0 radical (unpaired) electrons. The van der Waals surface area contributed by atoms with Crippen LogP contribution in [0.25, 0.3) is 0 Å². The molecule has 0 saturated heterocycles. The predicted molar refractivity (Wildman–Crippen MR) is 30.8 cm³/mol. The SMILES string of the molecule is O=[N+]([O-])c1cccc(F)n1. The summed E-state index contributed by atoms with van der Waals surface area (Å²) in [6.45, 7) is 0. The number of nitrogens with zero attached hydrogens (tertiary/aromatic N) is 2. The summed E-state index contributed by atoms with van der Waals surface area (Å²) in [4.78, 5) is 12.2. The summed E-state index contributed by atoms with van der Waals surface area (Å²) < 4.78 is 12.1. The van der Waals surface area contributed by atoms with Crippen molar-refractivity contribution in [3.8, 4) is 0 Å². The summed E-state index contributed by atoms with van der Waals surface area (Å²) in [6.07, 6.45) is 0. The highest BCUT2D eigenvalue weighted by Crippen LogP contribution is 2.05. The van der Waals surface area contributed by atoms with E-state index in [1.165, 1.54) is 6.07 Å². The quantitative estimate of drug-likeness (QED) is 0.335. The third kappa shape index (κ3) is 1.25. The van der Waals surface area contributed by atoms with Crippen LogP contribution >= 0.6 is 0 Å². The second-order valence-electron chi connectivity index (χ2n) is 1.58. The van der Waals surface area contributed by atoms with Crippen molar-refractivity contribution in [2.75, 3.05) is 0 Å². The van der Waals surface area contributed by atoms with E-state index >= 15 is 0 Å². The Labute approximate surface area is 55.5 Å². The second-order valence-corrected chi connectivity index (χ2v) is 1.58. The van der Waals surface area contributed by atoms with Crippen LogP contribution in [0.15, 0.2) is 18.2 Å². The van der Waals surface area contributed by atoms with Crippen molar-refractivity contribution in [2.24, 2.45) is 0 Å². The maximum Gasteiger partial charge on any atom is 0.366 e. The van der Waals surface area contributed by atoms with Gasteiger partial charge < -0.3 is 10.1 Å². The molecule has 0 N–H and O–H groups in total. The molecule has 0 fully saturated rings. The normalized spacial score (nSPS) is 9.30. The van der Waals surface area contributed by atoms with E-state index in [4.69, 9.17) is 0 Å². The van der Waals surface area contributed by atoms with E-state index in [9.17, 15) is 14.5 Å². The second kappa shape index (κ2) is 2.38. The van der Waals surface area contributed by atoms with Crippen LogP contribution < -0.4 is 0 Å². The first-order valence-corrected chi connectivity index (χ1v) is 2.47. The van der Waals surface area contributed by atoms with Gasteiger partial charge in [0.25, 0.3) is 0 Å². The Morgan fingerprint density at radius 2 is 2.30 bits per heavy atom. The van der Waals surface area contributed by atoms with Crippen molar-refractivity contribution in [3.05, 3.63) is 34.3 Å². The molecule has 0 saturated carbocycles. The van der Waals surface area contributed by atoms with E-state index in [0.717, 1.165) is 12.1 Å². The number of pyridine rings is 1. The molecule has 1 rings (SSSR count). The topological polar surface area (TPSA) is 56.0 Å². The minimum atomic E-state index is -0.839. The molecule has 0 aliphatic heterocycles. The lowest BCUT2D eigenvalue weighted by Gasteiger charge is -1.87. The third-order valence-electron chi connectivity index (χ3n) is 0.887. The van der Waals surface area contributed by atoms with Gasteiger partial charge in [0.2, 0.25) is 0 Å². The Morgan fingerprint density at radius 1 is 1.60 bits per heavy atom. The van der Waals surface area contributed by atoms with Crippen LogP contribution in [0.3, 0.4) is 0 Å². The summed E-state index contributed by atoms with van der Waals surface area (Å²) >= 11 is 0. The third-order valence-corrected chi connectivity index (χ3v) is 0.887. The zero-order chi connectivity index (χ0) is 7.56. The zero-order valence-corrected chi connectivity index (χ0v) is 4.82. The zero-order valence-electron chi connectivity index (χ0n) is 4.82. The van der Waals surface area contributed by atoms with Gasteiger partial charge in [0, 0.05) is 12.1 Å². The molecular formula is C5H3FN2O2. The molecule has 0 spiro atoms. The first-order valence-electron chi connectivity index (χ1n) is 2.47. The van der Waals surface area contributed by atoms with Crippen LogP contribution in [-0.4, -0.2) is 9.91 Å². The number of nitro groups is 1. The molecule has 0 aromatic carbocycles. The van der Waals surface area contributed by atoms with Gasteiger partial charge in [-0.3, -0.25) is 0 Å². The summed E-state index contributed by atoms with van der Waals surface area (Å²) in [5, 5.41) is 9.93. The van der Waals surface area contributed by atoms with Crippen LogP contribution in [0.1, 0.15) is 0 Å². The molecule has 52 valence electrons. The molecule has 4 nitrogen and oxygen atoms in total. The Kier molecular flexibility index (Phi) is 1.57. The van der Waals surface area contributed by atoms with E-state index in [1.807, 2.05) is 0 Å². The van der Waals surface area contributed by atoms with E-state index in [1.54, 1.807) is 0 Å². The van der Waals surface area contributed by atoms with Crippen molar-refractivity contribution < 1.29 is 9.31 Å². The van der Waals surface area contributed by atoms with Crippen LogP contribution in [-0.2, 0) is 0 Å². The molecule has 0 atom stereocenters. The minimum absolute atomic E-state index is 0.472. The van der Waals surface area contributed by atoms with Crippen LogP contribution in [0.2, 0.25) is 0 Å². The van der Waals surface area contributed by atoms with E-state index in [-0.39, 0.29) is 0 Å². The maximum absolute atomic E-state index is 12.1. The number of rotatable bonds is 1. The summed E-state index contributed by atoms with van der Waals surface area (Å²) in [5.74, 6) is -1.31. The minimum Gasteiger partial charge on any atom is -0.358 e. The van der Waals surface area contributed by atoms with E-state index < -0.39 is 16.7 Å². The van der Waals surface area contributed by atoms with Crippen molar-refractivity contribution in [1.29, 1.82) is 0 Å². The summed E-state index contributed by atoms with van der Waals surface area (Å²) in [6, 6.07) is 3.41. The van der Waals surface area contributed by atoms with Crippen LogP contribution in [0, 0.1) is 16.1 Å². The van der Waals surface area contributed by atoms with Crippen LogP contribution in [0.5, 0.6) is 0 Å². The largest absolute Gasteiger partial charge is 0.366 e. The molecule has 1 heterocycles. The van der Waals surface area contributed by atoms with Crippen molar-refractivity contribution in [2.45, 2.75) is 0 Å². The van der Waals surface area contributed by atoms with Gasteiger partial charge in [-0.15, -0.1) is 0 Å². The lowest BCUT2D eigenvalue weighted by Crippen LogP contribution is -1.92. The predicted octanol–water partition coefficient (Wildman–Crippen LogP) is 1.13.